The number of anilines is 1. The van der Waals surface area contributed by atoms with Crippen LogP contribution in [0.3, 0.4) is 0 Å². The minimum Gasteiger partial charge on any atom is -0.400 e. The molecule has 12 aliphatic rings. The van der Waals surface area contributed by atoms with E-state index >= 15 is 0 Å². The normalized spacial score (nSPS) is 39.5. The highest BCUT2D eigenvalue weighted by Gasteiger charge is 2.67. The fraction of sp³-hybridized carbons (Fsp3) is 0.833. The van der Waals surface area contributed by atoms with Crippen molar-refractivity contribution in [1.82, 2.24) is 29.3 Å². The molecule has 12 saturated carbocycles. The first kappa shape index (κ1) is 95.5. The fourth-order valence-corrected chi connectivity index (χ4v) is 27.8. The van der Waals surface area contributed by atoms with Gasteiger partial charge in [0.25, 0.3) is 0 Å². The van der Waals surface area contributed by atoms with Crippen LogP contribution in [0.4, 0.5) is 11.4 Å². The zero-order valence-electron chi connectivity index (χ0n) is 68.6. The summed E-state index contributed by atoms with van der Waals surface area (Å²) in [5.74, 6) is 7.20. The van der Waals surface area contributed by atoms with E-state index in [1.165, 1.54) is 82.3 Å². The van der Waals surface area contributed by atoms with Crippen molar-refractivity contribution >= 4 is 46.4 Å². The smallest absolute Gasteiger partial charge is 0.310 e. The van der Waals surface area contributed by atoms with Gasteiger partial charge in [-0.1, -0.05) is 50.5 Å². The van der Waals surface area contributed by atoms with Crippen molar-refractivity contribution in [2.75, 3.05) is 54.0 Å². The molecule has 15 rings (SSSR count). The number of nitrogen functional groups attached to an aromatic ring is 1. The number of hydrogen-bond donors (Lipinski definition) is 5. The number of fused-ring (bicyclic) bond motifs is 15. The average Bonchev–Trinajstić information content (AvgIpc) is 1.38. The van der Waals surface area contributed by atoms with Crippen molar-refractivity contribution in [3.05, 3.63) is 52.9 Å². The Labute approximate surface area is 681 Å². The summed E-state index contributed by atoms with van der Waals surface area (Å²) in [6.07, 6.45) is 38.6. The number of methoxy groups -OCH3 is 3. The van der Waals surface area contributed by atoms with Crippen LogP contribution in [0.5, 0.6) is 0 Å². The first-order chi connectivity index (χ1) is 52.0. The SMILES string of the molecule is C.C.C.C.CC(=O)OC(C)=O.CO.COC[C@]12CC[C@@](C)(O)C[C@@H]1CC[C@H]1[C@@H]3CC[C@H](C(=O)Cn4cc(CC(C)=O)cn4)[C@@]3(C)CC[C@@H]12.COC[C@]12CC[C@@](C)(O)C[C@@H]1CC[C@H]1[C@@H]3CC[C@H](C(=O)Cn4cc(N)cn4)[C@@]3(C)CC[C@@H]12.COC[C@]12CC[C@@](C)(O)C[C@@H]1CC[C@H]1[C@@H]3CC[C@H](C(=O)Cn4cc([N+](=O)[O-])cn4)[C@@]3(C)CC[C@@H]12. The van der Waals surface area contributed by atoms with Crippen LogP contribution in [-0.4, -0.2) is 155 Å². The number of hydrogen-bond acceptors (Lipinski definition) is 20. The van der Waals surface area contributed by atoms with Crippen LogP contribution in [0.2, 0.25) is 0 Å². The molecular formula is C90H150N8O16. The molecule has 0 aromatic carbocycles. The van der Waals surface area contributed by atoms with E-state index < -0.39 is 33.7 Å². The van der Waals surface area contributed by atoms with Gasteiger partial charge in [0.2, 0.25) is 0 Å². The standard InChI is InChI=1S/C29H44N2O4.C26H39N3O5.C26H41N3O3.C4H6O3.CH4O.4CH4/c1-19(32)13-20-15-30-31(16-20)17-26(33)25-8-7-23-22-6-5-21-14-27(2,34)11-12-29(21,18-35-4)24(22)9-10-28(23,25)3;1-24(31)10-11-26(16-34-3)17(12-24)4-5-19-20-6-7-22(25(20,2)9-8-21(19)26)23(30)15-28-14-18(13-27-28)29(32)33;1-24(31)10-11-26(16-32-3)17(12-24)4-5-19-20-6-7-22(25(20,2)9-8-21(19)26)23(30)15-29-14-18(27)13-28-29;1-3(5)7-4(2)6;1-2;;;;/h15-16,21-25,34H,5-14,17-18H2,1-4H3;13-14,17,19-22,31H,4-12,15-16H2,1-3H3;13-14,17,19-22,31H,4-12,15-16,27H2,1-3H3;1-2H3;2H,1H3;4*1H4/t21-,22-,23-,24-,25+,27+,28-,29+;2*17-,19-,20-,21-,22+,24+,25-,26+;;;;;;/m000....../s1. The van der Waals surface area contributed by atoms with Gasteiger partial charge >= 0.3 is 17.6 Å². The number of carbonyl (C=O) groups is 6. The number of esters is 2. The van der Waals surface area contributed by atoms with E-state index in [4.69, 9.17) is 25.1 Å². The van der Waals surface area contributed by atoms with Crippen LogP contribution >= 0.6 is 0 Å². The highest BCUT2D eigenvalue weighted by Crippen LogP contribution is 2.72. The highest BCUT2D eigenvalue weighted by atomic mass is 16.6. The quantitative estimate of drug-likeness (QED) is 0.0342. The number of nitro groups is 1. The van der Waals surface area contributed by atoms with Crippen LogP contribution in [0.25, 0.3) is 0 Å². The van der Waals surface area contributed by atoms with Gasteiger partial charge in [-0.05, 0) is 310 Å². The van der Waals surface area contributed by atoms with Crippen LogP contribution in [-0.2, 0) is 73.8 Å². The number of ether oxygens (including phenoxy) is 4. The minimum atomic E-state index is -0.565. The van der Waals surface area contributed by atoms with Crippen LogP contribution in [0.1, 0.15) is 271 Å². The van der Waals surface area contributed by atoms with E-state index in [9.17, 15) is 54.2 Å². The van der Waals surface area contributed by atoms with Crippen molar-refractivity contribution in [3.8, 4) is 0 Å². The van der Waals surface area contributed by atoms with Crippen LogP contribution in [0, 0.1) is 131 Å². The number of aromatic nitrogens is 6. The third-order valence-corrected chi connectivity index (χ3v) is 32.2. The summed E-state index contributed by atoms with van der Waals surface area (Å²) in [6, 6.07) is 0. The molecule has 646 valence electrons. The van der Waals surface area contributed by atoms with Gasteiger partial charge in [-0.3, -0.25) is 52.9 Å². The molecule has 3 aromatic rings. The lowest BCUT2D eigenvalue weighted by Gasteiger charge is -2.62. The molecule has 0 saturated heterocycles. The second-order valence-corrected chi connectivity index (χ2v) is 38.6. The van der Waals surface area contributed by atoms with Crippen molar-refractivity contribution in [1.29, 1.82) is 0 Å². The molecule has 0 amide bonds. The van der Waals surface area contributed by atoms with Crippen LogP contribution < -0.4 is 5.73 Å². The topological polar surface area (TPSA) is 343 Å². The Hall–Kier alpha value is -5.63. The van der Waals surface area contributed by atoms with E-state index in [0.717, 1.165) is 154 Å². The molecule has 24 nitrogen and oxygen atoms in total. The largest absolute Gasteiger partial charge is 0.400 e. The lowest BCUT2D eigenvalue weighted by atomic mass is 9.43. The second kappa shape index (κ2) is 37.8. The molecule has 0 spiro atoms. The summed E-state index contributed by atoms with van der Waals surface area (Å²) >= 11 is 0. The van der Waals surface area contributed by atoms with Gasteiger partial charge < -0.3 is 45.1 Å². The Morgan fingerprint density at radius 1 is 0.456 bits per heavy atom. The number of rotatable bonds is 18. The summed E-state index contributed by atoms with van der Waals surface area (Å²) in [5.41, 5.74) is 6.27. The maximum atomic E-state index is 13.6. The van der Waals surface area contributed by atoms with E-state index in [-0.39, 0.29) is 104 Å². The molecule has 0 radical (unpaired) electrons. The van der Waals surface area contributed by atoms with E-state index in [2.05, 4.69) is 40.8 Å². The second-order valence-electron chi connectivity index (χ2n) is 38.6. The zero-order valence-corrected chi connectivity index (χ0v) is 68.6. The first-order valence-electron chi connectivity index (χ1n) is 41.8. The summed E-state index contributed by atoms with van der Waals surface area (Å²) in [7, 11) is 6.51. The van der Waals surface area contributed by atoms with Crippen molar-refractivity contribution in [3.63, 3.8) is 0 Å². The van der Waals surface area contributed by atoms with Crippen LogP contribution in [0.15, 0.2) is 37.2 Å². The van der Waals surface area contributed by atoms with Gasteiger partial charge in [0.1, 0.15) is 24.7 Å². The number of nitrogens with zero attached hydrogens (tertiary/aromatic N) is 7. The number of ketones is 4. The predicted octanol–water partition coefficient (Wildman–Crippen LogP) is 15.3. The minimum absolute atomic E-state index is 0. The predicted molar refractivity (Wildman–Crippen MR) is 441 cm³/mol. The highest BCUT2D eigenvalue weighted by molar-refractivity contribution is 5.84. The molecule has 0 bridgehead atoms. The maximum Gasteiger partial charge on any atom is 0.310 e. The molecule has 0 aliphatic heterocycles. The molecule has 6 N–H and O–H groups in total. The number of carbonyl (C=O) groups excluding carboxylic acids is 6. The van der Waals surface area contributed by atoms with Gasteiger partial charge in [-0.15, -0.1) is 0 Å². The van der Waals surface area contributed by atoms with Gasteiger partial charge in [0.05, 0.1) is 72.7 Å². The van der Waals surface area contributed by atoms with Crippen molar-refractivity contribution < 1.29 is 73.1 Å². The van der Waals surface area contributed by atoms with E-state index in [0.29, 0.717) is 108 Å². The lowest BCUT2D eigenvalue weighted by molar-refractivity contribution is -0.385. The number of Topliss-reactive ketones (excluding diaryl/α,β-unsaturated/α-hetero) is 4. The number of aliphatic hydroxyl groups is 4. The zero-order chi connectivity index (χ0) is 79.9. The molecule has 12 aliphatic carbocycles. The van der Waals surface area contributed by atoms with E-state index in [1.54, 1.807) is 34.9 Å². The summed E-state index contributed by atoms with van der Waals surface area (Å²) in [4.78, 5) is 81.9. The summed E-state index contributed by atoms with van der Waals surface area (Å²) < 4.78 is 26.4. The van der Waals surface area contributed by atoms with Crippen molar-refractivity contribution in [2.45, 2.75) is 308 Å². The third-order valence-electron chi connectivity index (χ3n) is 32.2. The van der Waals surface area contributed by atoms with Gasteiger partial charge in [0, 0.05) is 78.9 Å². The Morgan fingerprint density at radius 2 is 0.781 bits per heavy atom. The lowest BCUT2D eigenvalue weighted by Crippen LogP contribution is -2.58. The van der Waals surface area contributed by atoms with Gasteiger partial charge in [-0.2, -0.15) is 15.3 Å². The number of nitrogens with two attached hydrogens (primary N) is 1. The van der Waals surface area contributed by atoms with E-state index in [1.807, 2.05) is 48.3 Å². The third kappa shape index (κ3) is 19.0. The maximum absolute atomic E-state index is 13.6. The Morgan fingerprint density at radius 3 is 1.07 bits per heavy atom. The monoisotopic (exact) mass is 1600 g/mol. The molecular weight excluding hydrogens is 1450 g/mol. The number of aliphatic hydroxyl groups excluding tert-OH is 1. The molecule has 3 aromatic heterocycles. The fourth-order valence-electron chi connectivity index (χ4n) is 27.8. The van der Waals surface area contributed by atoms with Gasteiger partial charge in [0.15, 0.2) is 17.3 Å². The molecule has 114 heavy (non-hydrogen) atoms. The molecule has 3 heterocycles. The molecule has 12 fully saturated rings. The molecule has 0 unspecified atom stereocenters. The van der Waals surface area contributed by atoms with Crippen molar-refractivity contribution in [2.24, 2.45) is 121 Å². The Balaban J connectivity index is 0.000000221. The Kier molecular flexibility index (Phi) is 31.6. The van der Waals surface area contributed by atoms with Gasteiger partial charge in [-0.25, -0.2) is 0 Å². The average molecular weight is 1600 g/mol. The Bertz CT molecular complexity index is 3740. The summed E-state index contributed by atoms with van der Waals surface area (Å²) in [5, 5.41) is 63.1. The molecule has 24 heteroatoms. The first-order valence-corrected chi connectivity index (χ1v) is 41.8. The summed E-state index contributed by atoms with van der Waals surface area (Å²) in [6.45, 7) is 20.3. The molecule has 24 atom stereocenters.